The Hall–Kier alpha value is -0.590. The van der Waals surface area contributed by atoms with Gasteiger partial charge in [-0.15, -0.1) is 0 Å². The topological polar surface area (TPSA) is 58.2 Å². The average Bonchev–Trinajstić information content (AvgIpc) is 2.29. The minimum absolute atomic E-state index is 0.157. The van der Waals surface area contributed by atoms with Crippen LogP contribution in [-0.2, 0) is 10.0 Å². The Labute approximate surface area is 117 Å². The van der Waals surface area contributed by atoms with Crippen molar-refractivity contribution in [2.75, 3.05) is 24.1 Å². The molecular formula is C12H19BrN2O2S. The summed E-state index contributed by atoms with van der Waals surface area (Å²) in [6.45, 7) is 2.77. The van der Waals surface area contributed by atoms with Crippen molar-refractivity contribution < 1.29 is 8.42 Å². The quantitative estimate of drug-likeness (QED) is 0.753. The molecule has 0 radical (unpaired) electrons. The van der Waals surface area contributed by atoms with Gasteiger partial charge < -0.3 is 5.32 Å². The number of aryl methyl sites for hydroxylation is 1. The van der Waals surface area contributed by atoms with E-state index in [1.54, 1.807) is 6.07 Å². The van der Waals surface area contributed by atoms with Crippen LogP contribution in [0.25, 0.3) is 0 Å². The Kier molecular flexibility index (Phi) is 6.11. The molecule has 0 bridgehead atoms. The van der Waals surface area contributed by atoms with Crippen LogP contribution in [-0.4, -0.2) is 27.8 Å². The van der Waals surface area contributed by atoms with Crippen molar-refractivity contribution in [2.24, 2.45) is 0 Å². The minimum atomic E-state index is -3.24. The van der Waals surface area contributed by atoms with Gasteiger partial charge in [0, 0.05) is 10.2 Å². The Balaban J connectivity index is 2.56. The standard InChI is InChI=1S/C12H19BrN2O2S/c1-10-9-11(5-6-12(10)13)15-18(16,17)8-4-3-7-14-2/h5-6,9,14-15H,3-4,7-8H2,1-2H3. The fraction of sp³-hybridized carbons (Fsp3) is 0.500. The summed E-state index contributed by atoms with van der Waals surface area (Å²) in [6, 6.07) is 5.41. The van der Waals surface area contributed by atoms with E-state index in [0.29, 0.717) is 12.1 Å². The molecule has 0 heterocycles. The highest BCUT2D eigenvalue weighted by atomic mass is 79.9. The predicted octanol–water partition coefficient (Wildman–Crippen LogP) is 2.50. The highest BCUT2D eigenvalue weighted by molar-refractivity contribution is 9.10. The number of benzene rings is 1. The van der Waals surface area contributed by atoms with Crippen LogP contribution in [0, 0.1) is 6.92 Å². The second kappa shape index (κ2) is 7.11. The summed E-state index contributed by atoms with van der Waals surface area (Å²) < 4.78 is 27.2. The van der Waals surface area contributed by atoms with E-state index in [4.69, 9.17) is 0 Å². The lowest BCUT2D eigenvalue weighted by atomic mass is 10.2. The third-order valence-corrected chi connectivity index (χ3v) is 4.78. The summed E-state index contributed by atoms with van der Waals surface area (Å²) in [5, 5.41) is 3.00. The van der Waals surface area contributed by atoms with Gasteiger partial charge in [0.25, 0.3) is 0 Å². The van der Waals surface area contributed by atoms with Gasteiger partial charge in [-0.25, -0.2) is 8.42 Å². The van der Waals surface area contributed by atoms with E-state index in [1.807, 2.05) is 26.1 Å². The van der Waals surface area contributed by atoms with E-state index >= 15 is 0 Å². The molecule has 6 heteroatoms. The van der Waals surface area contributed by atoms with Crippen molar-refractivity contribution in [3.8, 4) is 0 Å². The third-order valence-electron chi connectivity index (χ3n) is 2.52. The molecule has 0 aliphatic heterocycles. The molecule has 0 amide bonds. The van der Waals surface area contributed by atoms with Crippen molar-refractivity contribution in [3.05, 3.63) is 28.2 Å². The van der Waals surface area contributed by atoms with E-state index < -0.39 is 10.0 Å². The Bertz CT molecular complexity index is 489. The van der Waals surface area contributed by atoms with Crippen molar-refractivity contribution in [1.29, 1.82) is 0 Å². The second-order valence-electron chi connectivity index (χ2n) is 4.20. The van der Waals surface area contributed by atoms with Crippen LogP contribution >= 0.6 is 15.9 Å². The predicted molar refractivity (Wildman–Crippen MR) is 79.4 cm³/mol. The Morgan fingerprint density at radius 2 is 2.00 bits per heavy atom. The summed E-state index contributed by atoms with van der Waals surface area (Å²) >= 11 is 3.38. The summed E-state index contributed by atoms with van der Waals surface area (Å²) in [4.78, 5) is 0. The van der Waals surface area contributed by atoms with Gasteiger partial charge in [-0.3, -0.25) is 4.72 Å². The van der Waals surface area contributed by atoms with Crippen LogP contribution in [0.5, 0.6) is 0 Å². The molecule has 2 N–H and O–H groups in total. The first-order valence-electron chi connectivity index (χ1n) is 5.86. The highest BCUT2D eigenvalue weighted by Crippen LogP contribution is 2.20. The van der Waals surface area contributed by atoms with Crippen LogP contribution in [0.15, 0.2) is 22.7 Å². The molecule has 4 nitrogen and oxygen atoms in total. The van der Waals surface area contributed by atoms with E-state index in [2.05, 4.69) is 26.0 Å². The second-order valence-corrected chi connectivity index (χ2v) is 6.89. The maximum atomic E-state index is 11.8. The molecule has 0 aromatic heterocycles. The van der Waals surface area contributed by atoms with Gasteiger partial charge in [0.1, 0.15) is 0 Å². The van der Waals surface area contributed by atoms with Crippen LogP contribution in [0.4, 0.5) is 5.69 Å². The number of hydrogen-bond donors (Lipinski definition) is 2. The van der Waals surface area contributed by atoms with E-state index in [-0.39, 0.29) is 5.75 Å². The monoisotopic (exact) mass is 334 g/mol. The van der Waals surface area contributed by atoms with Crippen molar-refractivity contribution in [2.45, 2.75) is 19.8 Å². The molecule has 0 atom stereocenters. The van der Waals surface area contributed by atoms with Crippen LogP contribution in [0.1, 0.15) is 18.4 Å². The number of sulfonamides is 1. The number of halogens is 1. The molecule has 1 aromatic carbocycles. The van der Waals surface area contributed by atoms with E-state index in [9.17, 15) is 8.42 Å². The molecule has 18 heavy (non-hydrogen) atoms. The molecule has 1 rings (SSSR count). The molecule has 0 aliphatic rings. The lowest BCUT2D eigenvalue weighted by Crippen LogP contribution is -2.18. The van der Waals surface area contributed by atoms with Gasteiger partial charge in [-0.2, -0.15) is 0 Å². The highest BCUT2D eigenvalue weighted by Gasteiger charge is 2.10. The molecule has 0 saturated carbocycles. The summed E-state index contributed by atoms with van der Waals surface area (Å²) in [6.07, 6.45) is 1.52. The summed E-state index contributed by atoms with van der Waals surface area (Å²) in [5.41, 5.74) is 1.62. The molecule has 102 valence electrons. The normalized spacial score (nSPS) is 11.5. The lowest BCUT2D eigenvalue weighted by Gasteiger charge is -2.09. The smallest absolute Gasteiger partial charge is 0.232 e. The van der Waals surface area contributed by atoms with Crippen molar-refractivity contribution >= 4 is 31.6 Å². The molecule has 1 aromatic rings. The zero-order valence-corrected chi connectivity index (χ0v) is 13.1. The molecular weight excluding hydrogens is 316 g/mol. The summed E-state index contributed by atoms with van der Waals surface area (Å²) in [5.74, 6) is 0.157. The van der Waals surface area contributed by atoms with Gasteiger partial charge in [-0.1, -0.05) is 15.9 Å². The molecule has 0 aliphatic carbocycles. The summed E-state index contributed by atoms with van der Waals surface area (Å²) in [7, 11) is -1.38. The van der Waals surface area contributed by atoms with Crippen molar-refractivity contribution in [1.82, 2.24) is 5.32 Å². The number of rotatable bonds is 7. The first-order valence-corrected chi connectivity index (χ1v) is 8.30. The zero-order chi connectivity index (χ0) is 13.6. The van der Waals surface area contributed by atoms with Gasteiger partial charge in [0.05, 0.1) is 5.75 Å². The minimum Gasteiger partial charge on any atom is -0.320 e. The van der Waals surface area contributed by atoms with E-state index in [1.165, 1.54) is 0 Å². The first kappa shape index (κ1) is 15.5. The fourth-order valence-corrected chi connectivity index (χ4v) is 2.95. The van der Waals surface area contributed by atoms with Crippen molar-refractivity contribution in [3.63, 3.8) is 0 Å². The Morgan fingerprint density at radius 3 is 2.61 bits per heavy atom. The molecule has 0 saturated heterocycles. The maximum absolute atomic E-state index is 11.8. The fourth-order valence-electron chi connectivity index (χ4n) is 1.53. The zero-order valence-electron chi connectivity index (χ0n) is 10.7. The largest absolute Gasteiger partial charge is 0.320 e. The van der Waals surface area contributed by atoms with Crippen LogP contribution < -0.4 is 10.0 Å². The molecule has 0 spiro atoms. The SMILES string of the molecule is CNCCCCS(=O)(=O)Nc1ccc(Br)c(C)c1. The Morgan fingerprint density at radius 1 is 1.28 bits per heavy atom. The van der Waals surface area contributed by atoms with Gasteiger partial charge in [-0.05, 0) is 57.1 Å². The van der Waals surface area contributed by atoms with Gasteiger partial charge in [0.2, 0.25) is 10.0 Å². The molecule has 0 fully saturated rings. The van der Waals surface area contributed by atoms with Crippen LogP contribution in [0.2, 0.25) is 0 Å². The number of nitrogens with one attached hydrogen (secondary N) is 2. The molecule has 0 unspecified atom stereocenters. The number of unbranched alkanes of at least 4 members (excludes halogenated alkanes) is 1. The van der Waals surface area contributed by atoms with Gasteiger partial charge in [0.15, 0.2) is 0 Å². The average molecular weight is 335 g/mol. The van der Waals surface area contributed by atoms with Crippen LogP contribution in [0.3, 0.4) is 0 Å². The third kappa shape index (κ3) is 5.37. The number of hydrogen-bond acceptors (Lipinski definition) is 3. The first-order chi connectivity index (χ1) is 8.44. The number of anilines is 1. The van der Waals surface area contributed by atoms with E-state index in [0.717, 1.165) is 23.0 Å². The maximum Gasteiger partial charge on any atom is 0.232 e. The van der Waals surface area contributed by atoms with Gasteiger partial charge >= 0.3 is 0 Å². The lowest BCUT2D eigenvalue weighted by molar-refractivity contribution is 0.595.